The summed E-state index contributed by atoms with van der Waals surface area (Å²) in [6, 6.07) is 10.8. The molecule has 0 aliphatic heterocycles. The molecule has 0 unspecified atom stereocenters. The van der Waals surface area contributed by atoms with Crippen LogP contribution in [0.15, 0.2) is 56.8 Å². The number of anilines is 1. The molecule has 1 aromatic carbocycles. The highest BCUT2D eigenvalue weighted by molar-refractivity contribution is 7.92. The van der Waals surface area contributed by atoms with E-state index in [2.05, 4.69) is 14.9 Å². The second-order valence-corrected chi connectivity index (χ2v) is 6.94. The minimum absolute atomic E-state index is 0.233. The van der Waals surface area contributed by atoms with Gasteiger partial charge in [0.2, 0.25) is 5.09 Å². The Morgan fingerprint density at radius 3 is 2.50 bits per heavy atom. The summed E-state index contributed by atoms with van der Waals surface area (Å²) in [7, 11) is -3.85. The first-order valence-corrected chi connectivity index (χ1v) is 8.59. The number of benzene rings is 1. The van der Waals surface area contributed by atoms with Gasteiger partial charge < -0.3 is 4.42 Å². The van der Waals surface area contributed by atoms with Crippen molar-refractivity contribution >= 4 is 15.7 Å². The van der Waals surface area contributed by atoms with Crippen LogP contribution in [0.5, 0.6) is 0 Å². The molecule has 2 heterocycles. The minimum atomic E-state index is -3.85. The fraction of sp³-hybridized carbons (Fsp3) is 0.125. The predicted molar refractivity (Wildman–Crippen MR) is 89.3 cm³/mol. The highest BCUT2D eigenvalue weighted by Gasteiger charge is 2.20. The molecule has 0 radical (unpaired) electrons. The zero-order valence-electron chi connectivity index (χ0n) is 13.0. The SMILES string of the molecule is Cc1ccc(NS(=O)(=O)c2ccc(-c3ccc(=O)[nH]n3)o2)cc1C. The van der Waals surface area contributed by atoms with Gasteiger partial charge >= 0.3 is 0 Å². The quantitative estimate of drug-likeness (QED) is 0.755. The van der Waals surface area contributed by atoms with Gasteiger partial charge in [0.25, 0.3) is 15.6 Å². The number of hydrogen-bond donors (Lipinski definition) is 2. The molecule has 0 bridgehead atoms. The van der Waals surface area contributed by atoms with Crippen LogP contribution < -0.4 is 10.3 Å². The number of H-pyrrole nitrogens is 1. The van der Waals surface area contributed by atoms with Crippen LogP contribution in [0.25, 0.3) is 11.5 Å². The molecule has 0 fully saturated rings. The zero-order chi connectivity index (χ0) is 17.3. The molecule has 2 aromatic heterocycles. The fourth-order valence-corrected chi connectivity index (χ4v) is 3.08. The highest BCUT2D eigenvalue weighted by Crippen LogP contribution is 2.24. The monoisotopic (exact) mass is 345 g/mol. The molecule has 0 saturated heterocycles. The molecule has 24 heavy (non-hydrogen) atoms. The third-order valence-electron chi connectivity index (χ3n) is 3.54. The van der Waals surface area contributed by atoms with Crippen molar-refractivity contribution in [2.75, 3.05) is 4.72 Å². The van der Waals surface area contributed by atoms with Crippen LogP contribution >= 0.6 is 0 Å². The molecule has 0 saturated carbocycles. The largest absolute Gasteiger partial charge is 0.441 e. The Kier molecular flexibility index (Phi) is 3.98. The van der Waals surface area contributed by atoms with Crippen molar-refractivity contribution in [1.82, 2.24) is 10.2 Å². The van der Waals surface area contributed by atoms with Crippen LogP contribution in [-0.4, -0.2) is 18.6 Å². The zero-order valence-corrected chi connectivity index (χ0v) is 13.8. The molecule has 124 valence electrons. The maximum absolute atomic E-state index is 12.4. The van der Waals surface area contributed by atoms with Crippen molar-refractivity contribution in [2.45, 2.75) is 18.9 Å². The summed E-state index contributed by atoms with van der Waals surface area (Å²) < 4.78 is 32.7. The van der Waals surface area contributed by atoms with E-state index in [-0.39, 0.29) is 16.4 Å². The normalized spacial score (nSPS) is 11.4. The number of aromatic amines is 1. The molecule has 0 amide bonds. The lowest BCUT2D eigenvalue weighted by atomic mass is 10.1. The molecule has 0 aliphatic carbocycles. The summed E-state index contributed by atoms with van der Waals surface area (Å²) in [5.41, 5.74) is 2.49. The van der Waals surface area contributed by atoms with Gasteiger partial charge in [0.05, 0.1) is 0 Å². The lowest BCUT2D eigenvalue weighted by Crippen LogP contribution is -2.12. The maximum Gasteiger partial charge on any atom is 0.295 e. The van der Waals surface area contributed by atoms with Gasteiger partial charge in [-0.15, -0.1) is 0 Å². The van der Waals surface area contributed by atoms with E-state index in [9.17, 15) is 13.2 Å². The van der Waals surface area contributed by atoms with Gasteiger partial charge in [-0.2, -0.15) is 13.5 Å². The fourth-order valence-electron chi connectivity index (χ4n) is 2.09. The van der Waals surface area contributed by atoms with Crippen LogP contribution in [0.4, 0.5) is 5.69 Å². The number of nitrogens with one attached hydrogen (secondary N) is 2. The molecule has 8 heteroatoms. The van der Waals surface area contributed by atoms with Gasteiger partial charge in [0, 0.05) is 11.8 Å². The summed E-state index contributed by atoms with van der Waals surface area (Å²) in [4.78, 5) is 11.0. The van der Waals surface area contributed by atoms with Gasteiger partial charge in [-0.25, -0.2) is 5.10 Å². The second-order valence-electron chi connectivity index (χ2n) is 5.33. The summed E-state index contributed by atoms with van der Waals surface area (Å²) in [5, 5.41) is 5.84. The van der Waals surface area contributed by atoms with E-state index in [0.717, 1.165) is 11.1 Å². The summed E-state index contributed by atoms with van der Waals surface area (Å²) in [5.74, 6) is 0.242. The Morgan fingerprint density at radius 2 is 1.83 bits per heavy atom. The Balaban J connectivity index is 1.89. The molecule has 2 N–H and O–H groups in total. The molecule has 0 spiro atoms. The highest BCUT2D eigenvalue weighted by atomic mass is 32.2. The van der Waals surface area contributed by atoms with E-state index in [1.807, 2.05) is 19.9 Å². The third kappa shape index (κ3) is 3.23. The second kappa shape index (κ2) is 5.97. The van der Waals surface area contributed by atoms with E-state index in [4.69, 9.17) is 4.42 Å². The lowest BCUT2D eigenvalue weighted by molar-refractivity contribution is 0.461. The van der Waals surface area contributed by atoms with Crippen LogP contribution in [0.1, 0.15) is 11.1 Å². The van der Waals surface area contributed by atoms with Crippen LogP contribution in [-0.2, 0) is 10.0 Å². The average molecular weight is 345 g/mol. The Bertz CT molecular complexity index is 1030. The average Bonchev–Trinajstić information content (AvgIpc) is 3.02. The van der Waals surface area contributed by atoms with Crippen molar-refractivity contribution < 1.29 is 12.8 Å². The lowest BCUT2D eigenvalue weighted by Gasteiger charge is -2.08. The Morgan fingerprint density at radius 1 is 1.04 bits per heavy atom. The molecular weight excluding hydrogens is 330 g/mol. The van der Waals surface area contributed by atoms with Gasteiger partial charge in [0.15, 0.2) is 5.76 Å². The van der Waals surface area contributed by atoms with Gasteiger partial charge in [-0.05, 0) is 55.3 Å². The van der Waals surface area contributed by atoms with E-state index < -0.39 is 10.0 Å². The Labute approximate surface area is 138 Å². The van der Waals surface area contributed by atoms with E-state index >= 15 is 0 Å². The van der Waals surface area contributed by atoms with Crippen molar-refractivity contribution in [3.8, 4) is 11.5 Å². The van der Waals surface area contributed by atoms with Gasteiger partial charge in [0.1, 0.15) is 5.69 Å². The topological polar surface area (TPSA) is 105 Å². The molecule has 3 aromatic rings. The van der Waals surface area contributed by atoms with E-state index in [0.29, 0.717) is 11.4 Å². The summed E-state index contributed by atoms with van der Waals surface area (Å²) in [6.07, 6.45) is 0. The van der Waals surface area contributed by atoms with Crippen LogP contribution in [0.2, 0.25) is 0 Å². The number of rotatable bonds is 4. The summed E-state index contributed by atoms with van der Waals surface area (Å²) >= 11 is 0. The maximum atomic E-state index is 12.4. The molecule has 3 rings (SSSR count). The predicted octanol–water partition coefficient (Wildman–Crippen LogP) is 2.45. The van der Waals surface area contributed by atoms with Crippen LogP contribution in [0, 0.1) is 13.8 Å². The first kappa shape index (κ1) is 16.0. The number of aryl methyl sites for hydroxylation is 2. The first-order valence-electron chi connectivity index (χ1n) is 7.11. The van der Waals surface area contributed by atoms with Crippen molar-refractivity contribution in [1.29, 1.82) is 0 Å². The standard InChI is InChI=1S/C16H15N3O4S/c1-10-3-4-12(9-11(10)2)19-24(21,22)16-8-6-14(23-16)13-5-7-15(20)18-17-13/h3-9,19H,1-2H3,(H,18,20). The Hall–Kier alpha value is -2.87. The summed E-state index contributed by atoms with van der Waals surface area (Å²) in [6.45, 7) is 3.85. The molecule has 0 aliphatic rings. The van der Waals surface area contributed by atoms with Crippen LogP contribution in [0.3, 0.4) is 0 Å². The number of furan rings is 1. The van der Waals surface area contributed by atoms with Crippen molar-refractivity contribution in [2.24, 2.45) is 0 Å². The number of nitrogens with zero attached hydrogens (tertiary/aromatic N) is 1. The van der Waals surface area contributed by atoms with Crippen molar-refractivity contribution in [3.63, 3.8) is 0 Å². The minimum Gasteiger partial charge on any atom is -0.441 e. The number of aromatic nitrogens is 2. The number of hydrogen-bond acceptors (Lipinski definition) is 5. The molecule has 7 nitrogen and oxygen atoms in total. The molecular formula is C16H15N3O4S. The number of sulfonamides is 1. The first-order chi connectivity index (χ1) is 11.3. The van der Waals surface area contributed by atoms with Gasteiger partial charge in [-0.1, -0.05) is 6.07 Å². The van der Waals surface area contributed by atoms with E-state index in [1.165, 1.54) is 24.3 Å². The van der Waals surface area contributed by atoms with Crippen molar-refractivity contribution in [3.05, 3.63) is 63.9 Å². The smallest absolute Gasteiger partial charge is 0.295 e. The third-order valence-corrected chi connectivity index (χ3v) is 4.79. The van der Waals surface area contributed by atoms with E-state index in [1.54, 1.807) is 12.1 Å². The molecule has 0 atom stereocenters. The van der Waals surface area contributed by atoms with Gasteiger partial charge in [-0.3, -0.25) is 9.52 Å².